The zero-order valence-electron chi connectivity index (χ0n) is 19.3. The molecule has 2 N–H and O–H groups in total. The van der Waals surface area contributed by atoms with E-state index in [1.54, 1.807) is 38.4 Å². The van der Waals surface area contributed by atoms with Crippen molar-refractivity contribution in [2.24, 2.45) is 5.92 Å². The monoisotopic (exact) mass is 437 g/mol. The molecule has 7 nitrogen and oxygen atoms in total. The number of carbonyl (C=O) groups excluding carboxylic acids is 3. The molecule has 0 spiro atoms. The Morgan fingerprint density at radius 3 is 2.22 bits per heavy atom. The quantitative estimate of drug-likeness (QED) is 0.726. The minimum atomic E-state index is -0.855. The molecular formula is C25H31N3O4. The second-order valence-corrected chi connectivity index (χ2v) is 9.15. The Balaban J connectivity index is 1.86. The van der Waals surface area contributed by atoms with Crippen LogP contribution >= 0.6 is 0 Å². The number of amides is 3. The van der Waals surface area contributed by atoms with Gasteiger partial charge in [0.2, 0.25) is 11.8 Å². The summed E-state index contributed by atoms with van der Waals surface area (Å²) in [4.78, 5) is 39.4. The summed E-state index contributed by atoms with van der Waals surface area (Å²) in [6.07, 6.45) is 0.133. The Bertz CT molecular complexity index is 978. The molecule has 3 amide bonds. The average Bonchev–Trinajstić information content (AvgIpc) is 3.19. The van der Waals surface area contributed by atoms with Gasteiger partial charge in [0, 0.05) is 25.7 Å². The van der Waals surface area contributed by atoms with Crippen LogP contribution < -0.4 is 15.4 Å². The molecule has 32 heavy (non-hydrogen) atoms. The number of benzene rings is 2. The van der Waals surface area contributed by atoms with Crippen molar-refractivity contribution in [3.63, 3.8) is 0 Å². The van der Waals surface area contributed by atoms with Crippen LogP contribution in [0.15, 0.2) is 48.5 Å². The molecule has 170 valence electrons. The highest BCUT2D eigenvalue weighted by molar-refractivity contribution is 5.99. The first kappa shape index (κ1) is 23.3. The molecule has 3 rings (SSSR count). The number of hydrogen-bond acceptors (Lipinski definition) is 4. The fourth-order valence-electron chi connectivity index (χ4n) is 3.80. The third kappa shape index (κ3) is 5.28. The summed E-state index contributed by atoms with van der Waals surface area (Å²) >= 11 is 0. The maximum atomic E-state index is 13.4. The van der Waals surface area contributed by atoms with Gasteiger partial charge in [-0.3, -0.25) is 14.4 Å². The van der Waals surface area contributed by atoms with Crippen molar-refractivity contribution >= 4 is 23.4 Å². The Morgan fingerprint density at radius 1 is 1.09 bits per heavy atom. The van der Waals surface area contributed by atoms with Crippen molar-refractivity contribution < 1.29 is 19.1 Å². The van der Waals surface area contributed by atoms with Crippen molar-refractivity contribution in [1.29, 1.82) is 0 Å². The van der Waals surface area contributed by atoms with Crippen LogP contribution in [0.25, 0.3) is 0 Å². The van der Waals surface area contributed by atoms with Crippen LogP contribution in [0.4, 0.5) is 5.69 Å². The van der Waals surface area contributed by atoms with Crippen molar-refractivity contribution in [1.82, 2.24) is 10.2 Å². The van der Waals surface area contributed by atoms with Gasteiger partial charge in [-0.05, 0) is 40.8 Å². The molecule has 1 heterocycles. The molecule has 0 unspecified atom stereocenters. The number of hydrogen-bond donors (Lipinski definition) is 2. The lowest BCUT2D eigenvalue weighted by Crippen LogP contribution is -2.42. The number of likely N-dealkylation sites (N-methyl/N-ethyl adjacent to an activating group) is 1. The molecule has 2 atom stereocenters. The van der Waals surface area contributed by atoms with Crippen LogP contribution in [0.1, 0.15) is 44.4 Å². The van der Waals surface area contributed by atoms with Crippen LogP contribution in [0.2, 0.25) is 0 Å². The smallest absolute Gasteiger partial charge is 0.251 e. The minimum Gasteiger partial charge on any atom is -0.497 e. The highest BCUT2D eigenvalue weighted by Crippen LogP contribution is 2.28. The first-order chi connectivity index (χ1) is 15.1. The number of nitrogens with zero attached hydrogens (tertiary/aromatic N) is 1. The second-order valence-electron chi connectivity index (χ2n) is 9.15. The topological polar surface area (TPSA) is 87.7 Å². The van der Waals surface area contributed by atoms with Crippen molar-refractivity contribution in [2.75, 3.05) is 26.0 Å². The van der Waals surface area contributed by atoms with E-state index >= 15 is 0 Å². The fourth-order valence-corrected chi connectivity index (χ4v) is 3.80. The third-order valence-corrected chi connectivity index (χ3v) is 5.76. The lowest BCUT2D eigenvalue weighted by Gasteiger charge is -2.29. The van der Waals surface area contributed by atoms with E-state index in [1.165, 1.54) is 4.90 Å². The number of rotatable bonds is 6. The Labute approximate surface area is 189 Å². The van der Waals surface area contributed by atoms with Crippen LogP contribution in [-0.4, -0.2) is 43.3 Å². The van der Waals surface area contributed by atoms with Gasteiger partial charge in [-0.1, -0.05) is 45.0 Å². The number of nitrogens with one attached hydrogen (secondary N) is 2. The summed E-state index contributed by atoms with van der Waals surface area (Å²) in [5, 5.41) is 5.62. The third-order valence-electron chi connectivity index (χ3n) is 5.76. The summed E-state index contributed by atoms with van der Waals surface area (Å²) in [6.45, 7) is 6.67. The molecule has 2 aromatic carbocycles. The van der Waals surface area contributed by atoms with Crippen LogP contribution in [-0.2, 0) is 19.8 Å². The van der Waals surface area contributed by atoms with Gasteiger partial charge >= 0.3 is 0 Å². The fraction of sp³-hybridized carbons (Fsp3) is 0.400. The van der Waals surface area contributed by atoms with E-state index in [0.717, 1.165) is 5.56 Å². The molecule has 2 aromatic rings. The molecule has 1 saturated heterocycles. The number of ether oxygens (including phenoxy) is 1. The molecule has 0 saturated carbocycles. The largest absolute Gasteiger partial charge is 0.497 e. The average molecular weight is 438 g/mol. The maximum absolute atomic E-state index is 13.4. The molecule has 0 radical (unpaired) electrons. The predicted octanol–water partition coefficient (Wildman–Crippen LogP) is 3.27. The van der Waals surface area contributed by atoms with Gasteiger partial charge in [0.25, 0.3) is 5.91 Å². The summed E-state index contributed by atoms with van der Waals surface area (Å²) in [7, 11) is 3.17. The highest BCUT2D eigenvalue weighted by atomic mass is 16.5. The number of methoxy groups -OCH3 is 1. The lowest BCUT2D eigenvalue weighted by atomic mass is 9.87. The van der Waals surface area contributed by atoms with Crippen molar-refractivity contribution in [2.45, 2.75) is 38.6 Å². The van der Waals surface area contributed by atoms with Crippen LogP contribution in [0.3, 0.4) is 0 Å². The zero-order chi connectivity index (χ0) is 23.5. The Kier molecular flexibility index (Phi) is 6.87. The Hall–Kier alpha value is -3.35. The molecule has 1 fully saturated rings. The van der Waals surface area contributed by atoms with Gasteiger partial charge < -0.3 is 20.3 Å². The summed E-state index contributed by atoms with van der Waals surface area (Å²) in [6, 6.07) is 13.9. The number of anilines is 1. The van der Waals surface area contributed by atoms with E-state index < -0.39 is 12.0 Å². The standard InChI is InChI=1S/C25H31N3O4/c1-25(2,3)18-8-10-19(11-9-18)27-23(30)22(16-6-12-20(32-5)13-7-16)28(4)24(31)17-14-21(29)26-15-17/h6-13,17,22H,14-15H2,1-5H3,(H,26,29)(H,27,30)/t17-,22-/m1/s1. The van der Waals surface area contributed by atoms with E-state index in [4.69, 9.17) is 4.74 Å². The van der Waals surface area contributed by atoms with E-state index in [9.17, 15) is 14.4 Å². The molecule has 7 heteroatoms. The molecule has 0 aliphatic carbocycles. The van der Waals surface area contributed by atoms with Gasteiger partial charge in [-0.15, -0.1) is 0 Å². The molecule has 1 aliphatic rings. The molecule has 0 aromatic heterocycles. The summed E-state index contributed by atoms with van der Waals surface area (Å²) < 4.78 is 5.22. The van der Waals surface area contributed by atoms with Gasteiger partial charge in [0.1, 0.15) is 11.8 Å². The second kappa shape index (κ2) is 9.42. The first-order valence-electron chi connectivity index (χ1n) is 10.7. The van der Waals surface area contributed by atoms with Gasteiger partial charge in [-0.2, -0.15) is 0 Å². The van der Waals surface area contributed by atoms with E-state index in [1.807, 2.05) is 24.3 Å². The summed E-state index contributed by atoms with van der Waals surface area (Å²) in [5.41, 5.74) is 2.48. The van der Waals surface area contributed by atoms with E-state index in [-0.39, 0.29) is 36.1 Å². The highest BCUT2D eigenvalue weighted by Gasteiger charge is 2.36. The van der Waals surface area contributed by atoms with Gasteiger partial charge in [-0.25, -0.2) is 0 Å². The number of carbonyl (C=O) groups is 3. The Morgan fingerprint density at radius 2 is 1.72 bits per heavy atom. The molecule has 0 bridgehead atoms. The normalized spacial score (nSPS) is 16.8. The van der Waals surface area contributed by atoms with Crippen LogP contribution in [0.5, 0.6) is 5.75 Å². The predicted molar refractivity (Wildman–Crippen MR) is 123 cm³/mol. The van der Waals surface area contributed by atoms with E-state index in [0.29, 0.717) is 17.0 Å². The van der Waals surface area contributed by atoms with Crippen molar-refractivity contribution in [3.05, 3.63) is 59.7 Å². The minimum absolute atomic E-state index is 0.00750. The SMILES string of the molecule is COc1ccc([C@H](C(=O)Nc2ccc(C(C)(C)C)cc2)N(C)C(=O)[C@H]2CNC(=O)C2)cc1. The molecular weight excluding hydrogens is 406 g/mol. The van der Waals surface area contributed by atoms with Gasteiger partial charge in [0.15, 0.2) is 0 Å². The lowest BCUT2D eigenvalue weighted by molar-refractivity contribution is -0.140. The van der Waals surface area contributed by atoms with Crippen molar-refractivity contribution in [3.8, 4) is 5.75 Å². The zero-order valence-corrected chi connectivity index (χ0v) is 19.3. The van der Waals surface area contributed by atoms with Gasteiger partial charge in [0.05, 0.1) is 13.0 Å². The molecule has 1 aliphatic heterocycles. The summed E-state index contributed by atoms with van der Waals surface area (Å²) in [5.74, 6) is -0.548. The van der Waals surface area contributed by atoms with Crippen LogP contribution in [0, 0.1) is 5.92 Å². The van der Waals surface area contributed by atoms with E-state index in [2.05, 4.69) is 31.4 Å². The maximum Gasteiger partial charge on any atom is 0.251 e. The first-order valence-corrected chi connectivity index (χ1v) is 10.7.